The molecule has 2 aromatic carbocycles. The summed E-state index contributed by atoms with van der Waals surface area (Å²) in [4.78, 5) is 0. The quantitative estimate of drug-likeness (QED) is 0.862. The van der Waals surface area contributed by atoms with Crippen molar-refractivity contribution >= 4 is 15.9 Å². The highest BCUT2D eigenvalue weighted by Crippen LogP contribution is 2.25. The average Bonchev–Trinajstić information content (AvgIpc) is 2.46. The maximum atomic E-state index is 5.41. The molecule has 0 aliphatic heterocycles. The van der Waals surface area contributed by atoms with E-state index in [9.17, 15) is 0 Å². The summed E-state index contributed by atoms with van der Waals surface area (Å²) in [6.07, 6.45) is 0. The number of hydrogen-bond donors (Lipinski definition) is 1. The minimum Gasteiger partial charge on any atom is -0.496 e. The number of hydrogen-bond acceptors (Lipinski definition) is 2. The van der Waals surface area contributed by atoms with Crippen molar-refractivity contribution in [1.82, 2.24) is 5.32 Å². The number of rotatable bonds is 5. The molecule has 0 aliphatic carbocycles. The fourth-order valence-electron chi connectivity index (χ4n) is 2.19. The predicted molar refractivity (Wildman–Crippen MR) is 87.1 cm³/mol. The van der Waals surface area contributed by atoms with E-state index in [1.165, 1.54) is 16.7 Å². The average molecular weight is 334 g/mol. The molecule has 0 saturated carbocycles. The van der Waals surface area contributed by atoms with Crippen LogP contribution in [0.1, 0.15) is 29.7 Å². The summed E-state index contributed by atoms with van der Waals surface area (Å²) in [7, 11) is 1.71. The first kappa shape index (κ1) is 15.1. The summed E-state index contributed by atoms with van der Waals surface area (Å²) in [5.41, 5.74) is 3.70. The van der Waals surface area contributed by atoms with E-state index >= 15 is 0 Å². The first-order valence-electron chi connectivity index (χ1n) is 6.73. The lowest BCUT2D eigenvalue weighted by Gasteiger charge is -2.18. The minimum absolute atomic E-state index is 0.236. The lowest BCUT2D eigenvalue weighted by atomic mass is 10.1. The third kappa shape index (κ3) is 3.62. The van der Waals surface area contributed by atoms with Crippen LogP contribution in [0.5, 0.6) is 5.75 Å². The van der Waals surface area contributed by atoms with Gasteiger partial charge in [0.25, 0.3) is 0 Å². The predicted octanol–water partition coefficient (Wildman–Crippen LogP) is 4.62. The van der Waals surface area contributed by atoms with Gasteiger partial charge in [-0.05, 0) is 37.1 Å². The molecule has 0 aliphatic rings. The van der Waals surface area contributed by atoms with Crippen molar-refractivity contribution in [1.29, 1.82) is 0 Å². The van der Waals surface area contributed by atoms with E-state index < -0.39 is 0 Å². The molecule has 0 aromatic heterocycles. The van der Waals surface area contributed by atoms with Crippen molar-refractivity contribution in [2.24, 2.45) is 0 Å². The van der Waals surface area contributed by atoms with Gasteiger partial charge in [-0.3, -0.25) is 0 Å². The van der Waals surface area contributed by atoms with E-state index in [-0.39, 0.29) is 6.04 Å². The molecule has 0 heterocycles. The highest BCUT2D eigenvalue weighted by atomic mass is 79.9. The molecule has 3 heteroatoms. The van der Waals surface area contributed by atoms with Gasteiger partial charge in [0, 0.05) is 22.6 Å². The molecule has 106 valence electrons. The van der Waals surface area contributed by atoms with E-state index in [0.717, 1.165) is 16.8 Å². The molecule has 0 amide bonds. The number of para-hydroxylation sites is 1. The molecule has 1 N–H and O–H groups in total. The summed E-state index contributed by atoms with van der Waals surface area (Å²) < 4.78 is 6.56. The maximum absolute atomic E-state index is 5.41. The van der Waals surface area contributed by atoms with Crippen molar-refractivity contribution in [2.75, 3.05) is 7.11 Å². The van der Waals surface area contributed by atoms with Gasteiger partial charge in [0.1, 0.15) is 5.75 Å². The second-order valence-corrected chi connectivity index (χ2v) is 5.79. The van der Waals surface area contributed by atoms with Crippen molar-refractivity contribution < 1.29 is 4.74 Å². The maximum Gasteiger partial charge on any atom is 0.123 e. The number of aryl methyl sites for hydroxylation is 1. The molecule has 0 fully saturated rings. The zero-order valence-electron chi connectivity index (χ0n) is 12.1. The number of methoxy groups -OCH3 is 1. The third-order valence-corrected chi connectivity index (χ3v) is 4.15. The van der Waals surface area contributed by atoms with Crippen LogP contribution in [-0.2, 0) is 6.54 Å². The Morgan fingerprint density at radius 2 is 1.95 bits per heavy atom. The van der Waals surface area contributed by atoms with Gasteiger partial charge >= 0.3 is 0 Å². The summed E-state index contributed by atoms with van der Waals surface area (Å²) in [5, 5.41) is 3.54. The second-order valence-electron chi connectivity index (χ2n) is 4.94. The van der Waals surface area contributed by atoms with Gasteiger partial charge in [-0.2, -0.15) is 0 Å². The number of ether oxygens (including phenoxy) is 1. The van der Waals surface area contributed by atoms with Crippen molar-refractivity contribution in [3.8, 4) is 5.75 Å². The first-order chi connectivity index (χ1) is 9.61. The van der Waals surface area contributed by atoms with Crippen LogP contribution < -0.4 is 10.1 Å². The van der Waals surface area contributed by atoms with E-state index in [0.29, 0.717) is 0 Å². The number of nitrogens with one attached hydrogen (secondary N) is 1. The third-order valence-electron chi connectivity index (χ3n) is 3.41. The standard InChI is InChI=1S/C17H20BrNO/c1-12-8-9-14(16(18)10-12)11-19-13(2)15-6-4-5-7-17(15)20-3/h4-10,13,19H,11H2,1-3H3. The first-order valence-corrected chi connectivity index (χ1v) is 7.52. The molecular formula is C17H20BrNO. The summed E-state index contributed by atoms with van der Waals surface area (Å²) in [6, 6.07) is 14.8. The van der Waals surface area contributed by atoms with Gasteiger partial charge in [0.05, 0.1) is 7.11 Å². The van der Waals surface area contributed by atoms with Crippen LogP contribution in [0.15, 0.2) is 46.9 Å². The van der Waals surface area contributed by atoms with Crippen LogP contribution in [0.25, 0.3) is 0 Å². The zero-order valence-corrected chi connectivity index (χ0v) is 13.7. The van der Waals surface area contributed by atoms with Crippen LogP contribution >= 0.6 is 15.9 Å². The van der Waals surface area contributed by atoms with Crippen molar-refractivity contribution in [3.63, 3.8) is 0 Å². The normalized spacial score (nSPS) is 12.2. The molecule has 0 spiro atoms. The Balaban J connectivity index is 2.06. The Labute approximate surface area is 129 Å². The Kier molecular flexibility index (Phi) is 5.21. The van der Waals surface area contributed by atoms with Gasteiger partial charge in [0.15, 0.2) is 0 Å². The Morgan fingerprint density at radius 1 is 1.20 bits per heavy atom. The molecule has 2 aromatic rings. The largest absolute Gasteiger partial charge is 0.496 e. The van der Waals surface area contributed by atoms with Gasteiger partial charge in [-0.25, -0.2) is 0 Å². The molecule has 20 heavy (non-hydrogen) atoms. The SMILES string of the molecule is COc1ccccc1C(C)NCc1ccc(C)cc1Br. The fourth-order valence-corrected chi connectivity index (χ4v) is 2.83. The summed E-state index contributed by atoms with van der Waals surface area (Å²) in [6.45, 7) is 5.07. The molecule has 1 atom stereocenters. The highest BCUT2D eigenvalue weighted by molar-refractivity contribution is 9.10. The number of halogens is 1. The van der Waals surface area contributed by atoms with E-state index in [1.54, 1.807) is 7.11 Å². The minimum atomic E-state index is 0.236. The molecule has 0 radical (unpaired) electrons. The molecule has 0 saturated heterocycles. The van der Waals surface area contributed by atoms with Crippen LogP contribution in [0.4, 0.5) is 0 Å². The van der Waals surface area contributed by atoms with Crippen LogP contribution in [0.3, 0.4) is 0 Å². The van der Waals surface area contributed by atoms with E-state index in [1.807, 2.05) is 18.2 Å². The molecule has 2 rings (SSSR count). The van der Waals surface area contributed by atoms with E-state index in [2.05, 4.69) is 59.4 Å². The molecular weight excluding hydrogens is 314 g/mol. The highest BCUT2D eigenvalue weighted by Gasteiger charge is 2.10. The van der Waals surface area contributed by atoms with Gasteiger partial charge in [-0.15, -0.1) is 0 Å². The Hall–Kier alpha value is -1.32. The Bertz CT molecular complexity index is 583. The zero-order chi connectivity index (χ0) is 14.5. The second kappa shape index (κ2) is 6.91. The lowest BCUT2D eigenvalue weighted by Crippen LogP contribution is -2.19. The smallest absolute Gasteiger partial charge is 0.123 e. The van der Waals surface area contributed by atoms with Gasteiger partial charge in [-0.1, -0.05) is 46.3 Å². The summed E-state index contributed by atoms with van der Waals surface area (Å²) >= 11 is 3.62. The fraction of sp³-hybridized carbons (Fsp3) is 0.294. The molecule has 1 unspecified atom stereocenters. The number of benzene rings is 2. The van der Waals surface area contributed by atoms with Crippen LogP contribution in [0.2, 0.25) is 0 Å². The molecule has 0 bridgehead atoms. The topological polar surface area (TPSA) is 21.3 Å². The van der Waals surface area contributed by atoms with Crippen LogP contribution in [-0.4, -0.2) is 7.11 Å². The monoisotopic (exact) mass is 333 g/mol. The van der Waals surface area contributed by atoms with Gasteiger partial charge < -0.3 is 10.1 Å². The van der Waals surface area contributed by atoms with Crippen molar-refractivity contribution in [2.45, 2.75) is 26.4 Å². The van der Waals surface area contributed by atoms with Crippen molar-refractivity contribution in [3.05, 3.63) is 63.6 Å². The molecule has 2 nitrogen and oxygen atoms in total. The summed E-state index contributed by atoms with van der Waals surface area (Å²) in [5.74, 6) is 0.926. The van der Waals surface area contributed by atoms with Gasteiger partial charge in [0.2, 0.25) is 0 Å². The lowest BCUT2D eigenvalue weighted by molar-refractivity contribution is 0.401. The van der Waals surface area contributed by atoms with E-state index in [4.69, 9.17) is 4.74 Å². The van der Waals surface area contributed by atoms with Crippen LogP contribution in [0, 0.1) is 6.92 Å². The Morgan fingerprint density at radius 3 is 2.65 bits per heavy atom.